The number of aryl methyl sites for hydroxylation is 2. The van der Waals surface area contributed by atoms with Crippen LogP contribution >= 0.6 is 0 Å². The summed E-state index contributed by atoms with van der Waals surface area (Å²) in [5, 5.41) is 2.91. The van der Waals surface area contributed by atoms with Crippen molar-refractivity contribution < 1.29 is 14.4 Å². The Morgan fingerprint density at radius 1 is 1.03 bits per heavy atom. The molecule has 3 rings (SSSR count). The molecular formula is C23H27N3O3. The van der Waals surface area contributed by atoms with Gasteiger partial charge in [0.2, 0.25) is 11.8 Å². The van der Waals surface area contributed by atoms with Crippen molar-refractivity contribution in [2.45, 2.75) is 45.7 Å². The van der Waals surface area contributed by atoms with E-state index in [2.05, 4.69) is 5.32 Å². The van der Waals surface area contributed by atoms with E-state index in [9.17, 15) is 14.4 Å². The summed E-state index contributed by atoms with van der Waals surface area (Å²) in [7, 11) is 0. The fraction of sp³-hybridized carbons (Fsp3) is 0.348. The van der Waals surface area contributed by atoms with Crippen molar-refractivity contribution in [3.63, 3.8) is 0 Å². The number of likely N-dealkylation sites (tertiary alicyclic amines) is 1. The number of nitrogens with zero attached hydrogens (tertiary/aromatic N) is 1. The van der Waals surface area contributed by atoms with Crippen LogP contribution < -0.4 is 11.1 Å². The number of hydrogen-bond acceptors (Lipinski definition) is 3. The molecule has 0 aromatic heterocycles. The Morgan fingerprint density at radius 3 is 2.45 bits per heavy atom. The van der Waals surface area contributed by atoms with Crippen LogP contribution in [-0.4, -0.2) is 35.2 Å². The summed E-state index contributed by atoms with van der Waals surface area (Å²) >= 11 is 0. The molecule has 0 spiro atoms. The molecule has 6 heteroatoms. The summed E-state index contributed by atoms with van der Waals surface area (Å²) < 4.78 is 0. The number of hydrogen-bond donors (Lipinski definition) is 2. The van der Waals surface area contributed by atoms with Gasteiger partial charge in [-0.25, -0.2) is 0 Å². The maximum absolute atomic E-state index is 13.1. The number of rotatable bonds is 5. The van der Waals surface area contributed by atoms with Crippen LogP contribution in [-0.2, 0) is 11.3 Å². The molecule has 1 aliphatic rings. The second kappa shape index (κ2) is 8.90. The minimum Gasteiger partial charge on any atom is -0.366 e. The molecule has 152 valence electrons. The van der Waals surface area contributed by atoms with Crippen LogP contribution in [0.3, 0.4) is 0 Å². The van der Waals surface area contributed by atoms with Crippen LogP contribution in [0.15, 0.2) is 42.5 Å². The highest BCUT2D eigenvalue weighted by Crippen LogP contribution is 2.21. The van der Waals surface area contributed by atoms with E-state index in [4.69, 9.17) is 5.73 Å². The average molecular weight is 393 g/mol. The van der Waals surface area contributed by atoms with Gasteiger partial charge in [-0.1, -0.05) is 29.3 Å². The zero-order chi connectivity index (χ0) is 21.0. The predicted molar refractivity (Wildman–Crippen MR) is 111 cm³/mol. The van der Waals surface area contributed by atoms with Gasteiger partial charge >= 0.3 is 0 Å². The molecule has 2 aromatic carbocycles. The van der Waals surface area contributed by atoms with Crippen molar-refractivity contribution in [1.29, 1.82) is 0 Å². The van der Waals surface area contributed by atoms with Crippen molar-refractivity contribution in [3.8, 4) is 0 Å². The number of nitrogens with two attached hydrogens (primary N) is 1. The van der Waals surface area contributed by atoms with E-state index in [1.807, 2.05) is 38.1 Å². The lowest BCUT2D eigenvalue weighted by molar-refractivity contribution is -0.126. The average Bonchev–Trinajstić information content (AvgIpc) is 2.71. The number of nitrogens with one attached hydrogen (secondary N) is 1. The van der Waals surface area contributed by atoms with Crippen LogP contribution in [0.1, 0.15) is 56.7 Å². The van der Waals surface area contributed by atoms with Crippen molar-refractivity contribution in [1.82, 2.24) is 10.2 Å². The highest BCUT2D eigenvalue weighted by molar-refractivity contribution is 5.98. The highest BCUT2D eigenvalue weighted by Gasteiger charge is 2.32. The van der Waals surface area contributed by atoms with Gasteiger partial charge in [0, 0.05) is 24.2 Å². The van der Waals surface area contributed by atoms with E-state index in [0.717, 1.165) is 29.5 Å². The molecule has 3 amide bonds. The van der Waals surface area contributed by atoms with Crippen molar-refractivity contribution >= 4 is 17.7 Å². The first-order valence-corrected chi connectivity index (χ1v) is 9.91. The van der Waals surface area contributed by atoms with Crippen LogP contribution in [0.2, 0.25) is 0 Å². The van der Waals surface area contributed by atoms with Gasteiger partial charge < -0.3 is 16.0 Å². The minimum atomic E-state index is -0.504. The normalized spacial score (nSPS) is 16.3. The first-order chi connectivity index (χ1) is 13.8. The summed E-state index contributed by atoms with van der Waals surface area (Å²) in [6.07, 6.45) is 2.44. The molecule has 1 unspecified atom stereocenters. The van der Waals surface area contributed by atoms with E-state index >= 15 is 0 Å². The largest absolute Gasteiger partial charge is 0.366 e. The van der Waals surface area contributed by atoms with Crippen LogP contribution in [0.5, 0.6) is 0 Å². The number of amides is 3. The smallest absolute Gasteiger partial charge is 0.254 e. The Bertz CT molecular complexity index is 918. The van der Waals surface area contributed by atoms with E-state index in [-0.39, 0.29) is 18.4 Å². The molecule has 1 saturated heterocycles. The molecule has 1 aliphatic heterocycles. The maximum atomic E-state index is 13.1. The Labute approximate surface area is 171 Å². The quantitative estimate of drug-likeness (QED) is 0.818. The van der Waals surface area contributed by atoms with Crippen molar-refractivity contribution in [3.05, 3.63) is 70.3 Å². The first-order valence-electron chi connectivity index (χ1n) is 9.91. The van der Waals surface area contributed by atoms with Gasteiger partial charge in [0.1, 0.15) is 6.04 Å². The monoisotopic (exact) mass is 393 g/mol. The van der Waals surface area contributed by atoms with E-state index in [1.54, 1.807) is 23.1 Å². The molecule has 2 aromatic rings. The lowest BCUT2D eigenvalue weighted by atomic mass is 9.98. The number of piperidine rings is 1. The number of benzene rings is 2. The summed E-state index contributed by atoms with van der Waals surface area (Å²) in [5.74, 6) is -0.782. The van der Waals surface area contributed by atoms with Gasteiger partial charge in [-0.15, -0.1) is 0 Å². The van der Waals surface area contributed by atoms with Gasteiger partial charge in [-0.2, -0.15) is 0 Å². The lowest BCUT2D eigenvalue weighted by Crippen LogP contribution is -2.51. The maximum Gasteiger partial charge on any atom is 0.254 e. The summed E-state index contributed by atoms with van der Waals surface area (Å²) in [5.41, 5.74) is 9.18. The zero-order valence-electron chi connectivity index (χ0n) is 16.9. The molecule has 0 saturated carbocycles. The molecule has 1 atom stereocenters. The van der Waals surface area contributed by atoms with E-state index in [0.29, 0.717) is 24.1 Å². The van der Waals surface area contributed by atoms with Crippen molar-refractivity contribution in [2.24, 2.45) is 5.73 Å². The molecular weight excluding hydrogens is 366 g/mol. The SMILES string of the molecule is Cc1cc(C)cc(C(=O)N2CCCCC2C(=O)NCc2cccc(C(N)=O)c2)c1. The van der Waals surface area contributed by atoms with Gasteiger partial charge in [-0.3, -0.25) is 14.4 Å². The highest BCUT2D eigenvalue weighted by atomic mass is 16.2. The van der Waals surface area contributed by atoms with E-state index in [1.165, 1.54) is 0 Å². The lowest BCUT2D eigenvalue weighted by Gasteiger charge is -2.35. The van der Waals surface area contributed by atoms with Gasteiger partial charge in [0.15, 0.2) is 0 Å². The Morgan fingerprint density at radius 2 is 1.76 bits per heavy atom. The fourth-order valence-electron chi connectivity index (χ4n) is 3.85. The molecule has 29 heavy (non-hydrogen) atoms. The number of carbonyl (C=O) groups excluding carboxylic acids is 3. The third-order valence-electron chi connectivity index (χ3n) is 5.21. The summed E-state index contributed by atoms with van der Waals surface area (Å²) in [6.45, 7) is 4.78. The zero-order valence-corrected chi connectivity index (χ0v) is 16.9. The fourth-order valence-corrected chi connectivity index (χ4v) is 3.85. The molecule has 6 nitrogen and oxygen atoms in total. The number of primary amides is 1. The first kappa shape index (κ1) is 20.6. The minimum absolute atomic E-state index is 0.104. The van der Waals surface area contributed by atoms with E-state index < -0.39 is 11.9 Å². The predicted octanol–water partition coefficient (Wildman–Crippen LogP) is 2.71. The topological polar surface area (TPSA) is 92.5 Å². The Kier molecular flexibility index (Phi) is 6.32. The molecule has 3 N–H and O–H groups in total. The van der Waals surface area contributed by atoms with Crippen LogP contribution in [0.25, 0.3) is 0 Å². The third-order valence-corrected chi connectivity index (χ3v) is 5.21. The molecule has 0 bridgehead atoms. The summed E-state index contributed by atoms with van der Waals surface area (Å²) in [6, 6.07) is 12.1. The van der Waals surface area contributed by atoms with Gasteiger partial charge in [0.05, 0.1) is 0 Å². The third kappa shape index (κ3) is 5.02. The van der Waals surface area contributed by atoms with Crippen LogP contribution in [0, 0.1) is 13.8 Å². The second-order valence-corrected chi connectivity index (χ2v) is 7.67. The van der Waals surface area contributed by atoms with Gasteiger partial charge in [-0.05, 0) is 62.9 Å². The second-order valence-electron chi connectivity index (χ2n) is 7.67. The molecule has 1 fully saturated rings. The molecule has 1 heterocycles. The Balaban J connectivity index is 1.71. The van der Waals surface area contributed by atoms with Gasteiger partial charge in [0.25, 0.3) is 5.91 Å². The number of carbonyl (C=O) groups is 3. The standard InChI is InChI=1S/C23H27N3O3/c1-15-10-16(2)12-19(11-15)23(29)26-9-4-3-8-20(26)22(28)25-14-17-6-5-7-18(13-17)21(24)27/h5-7,10-13,20H,3-4,8-9,14H2,1-2H3,(H2,24,27)(H,25,28). The van der Waals surface area contributed by atoms with Crippen LogP contribution in [0.4, 0.5) is 0 Å². The Hall–Kier alpha value is -3.15. The van der Waals surface area contributed by atoms with Crippen molar-refractivity contribution in [2.75, 3.05) is 6.54 Å². The summed E-state index contributed by atoms with van der Waals surface area (Å²) in [4.78, 5) is 39.0. The molecule has 0 radical (unpaired) electrons. The molecule has 0 aliphatic carbocycles.